The number of ether oxygens (including phenoxy) is 3. The lowest BCUT2D eigenvalue weighted by molar-refractivity contribution is 0.102. The van der Waals surface area contributed by atoms with E-state index in [0.717, 1.165) is 26.4 Å². The first-order chi connectivity index (χ1) is 6.36. The van der Waals surface area contributed by atoms with Crippen LogP contribution in [0.15, 0.2) is 12.3 Å². The Bertz CT molecular complexity index is 137. The summed E-state index contributed by atoms with van der Waals surface area (Å²) >= 11 is 0. The van der Waals surface area contributed by atoms with Crippen molar-refractivity contribution in [2.45, 2.75) is 19.1 Å². The number of hydrogen-bond acceptors (Lipinski definition) is 4. The lowest BCUT2D eigenvalue weighted by atomic mass is 10.5. The van der Waals surface area contributed by atoms with Gasteiger partial charge < -0.3 is 19.9 Å². The van der Waals surface area contributed by atoms with Gasteiger partial charge in [0, 0.05) is 0 Å². The summed E-state index contributed by atoms with van der Waals surface area (Å²) in [5.74, 6) is 0. The van der Waals surface area contributed by atoms with Crippen LogP contribution in [0.25, 0.3) is 0 Å². The van der Waals surface area contributed by atoms with E-state index in [0.29, 0.717) is 12.2 Å². The van der Waals surface area contributed by atoms with Crippen LogP contribution in [-0.4, -0.2) is 38.6 Å². The second-order valence-corrected chi connectivity index (χ2v) is 2.97. The average Bonchev–Trinajstić information content (AvgIpc) is 2.98. The lowest BCUT2D eigenvalue weighted by Crippen LogP contribution is -2.06. The molecule has 0 radical (unpaired) electrons. The molecule has 0 aromatic rings. The Morgan fingerprint density at radius 3 is 1.92 bits per heavy atom. The number of epoxide rings is 2. The zero-order valence-electron chi connectivity index (χ0n) is 7.94. The summed E-state index contributed by atoms with van der Waals surface area (Å²) in [6.45, 7) is 5.14. The normalized spacial score (nSPS) is 29.6. The van der Waals surface area contributed by atoms with Crippen LogP contribution in [-0.2, 0) is 14.2 Å². The molecule has 2 saturated heterocycles. The fraction of sp³-hybridized carbons (Fsp3) is 0.778. The largest absolute Gasteiger partial charge is 0.405 e. The highest BCUT2D eigenvalue weighted by Crippen LogP contribution is 2.12. The zero-order valence-corrected chi connectivity index (χ0v) is 7.94. The van der Waals surface area contributed by atoms with Crippen molar-refractivity contribution in [1.29, 1.82) is 0 Å². The third-order valence-corrected chi connectivity index (χ3v) is 1.60. The molecule has 0 aromatic carbocycles. The number of hydrogen-bond donors (Lipinski definition) is 1. The van der Waals surface area contributed by atoms with Crippen LogP contribution in [0.2, 0.25) is 0 Å². The molecule has 76 valence electrons. The molecule has 2 aliphatic rings. The highest BCUT2D eigenvalue weighted by Gasteiger charge is 2.26. The van der Waals surface area contributed by atoms with Crippen LogP contribution in [0.3, 0.4) is 0 Å². The number of nitrogens with two attached hydrogens (primary N) is 1. The quantitative estimate of drug-likeness (QED) is 0.642. The van der Waals surface area contributed by atoms with Gasteiger partial charge >= 0.3 is 0 Å². The first kappa shape index (κ1) is 10.5. The molecule has 2 heterocycles. The summed E-state index contributed by atoms with van der Waals surface area (Å²) in [5.41, 5.74) is 4.85. The maximum absolute atomic E-state index is 5.23. The molecular weight excluding hydrogens is 170 g/mol. The molecule has 2 N–H and O–H groups in total. The summed E-state index contributed by atoms with van der Waals surface area (Å²) in [6.07, 6.45) is 4.06. The minimum atomic E-state index is 0.392. The van der Waals surface area contributed by atoms with E-state index in [2.05, 4.69) is 0 Å². The molecule has 0 bridgehead atoms. The van der Waals surface area contributed by atoms with Crippen molar-refractivity contribution in [1.82, 2.24) is 0 Å². The molecule has 0 aromatic heterocycles. The van der Waals surface area contributed by atoms with E-state index in [1.54, 1.807) is 6.08 Å². The van der Waals surface area contributed by atoms with E-state index in [9.17, 15) is 0 Å². The molecule has 2 fully saturated rings. The third-order valence-electron chi connectivity index (χ3n) is 1.60. The fourth-order valence-corrected chi connectivity index (χ4v) is 0.659. The molecule has 2 rings (SSSR count). The van der Waals surface area contributed by atoms with Gasteiger partial charge in [0.2, 0.25) is 0 Å². The first-order valence-electron chi connectivity index (χ1n) is 4.50. The fourth-order valence-electron chi connectivity index (χ4n) is 0.659. The van der Waals surface area contributed by atoms with E-state index in [-0.39, 0.29) is 0 Å². The molecule has 4 nitrogen and oxygen atoms in total. The topological polar surface area (TPSA) is 60.3 Å². The van der Waals surface area contributed by atoms with Gasteiger partial charge in [0.05, 0.1) is 26.4 Å². The zero-order chi connectivity index (χ0) is 9.52. The molecule has 0 spiro atoms. The predicted molar refractivity (Wildman–Crippen MR) is 49.3 cm³/mol. The van der Waals surface area contributed by atoms with Crippen molar-refractivity contribution in [3.8, 4) is 0 Å². The molecule has 2 atom stereocenters. The minimum absolute atomic E-state index is 0.392. The first-order valence-corrected chi connectivity index (χ1v) is 4.50. The van der Waals surface area contributed by atoms with E-state index in [1.165, 1.54) is 6.20 Å². The van der Waals surface area contributed by atoms with Crippen molar-refractivity contribution in [3.05, 3.63) is 12.3 Å². The molecule has 13 heavy (non-hydrogen) atoms. The highest BCUT2D eigenvalue weighted by atomic mass is 16.6. The van der Waals surface area contributed by atoms with Gasteiger partial charge in [-0.15, -0.1) is 0 Å². The van der Waals surface area contributed by atoms with Gasteiger partial charge in [-0.1, -0.05) is 6.08 Å². The summed E-state index contributed by atoms with van der Waals surface area (Å²) in [7, 11) is 0. The predicted octanol–water partition coefficient (Wildman–Crippen LogP) is 0.279. The second-order valence-electron chi connectivity index (χ2n) is 2.97. The molecular formula is C9H17NO3. The Kier molecular flexibility index (Phi) is 4.82. The van der Waals surface area contributed by atoms with Crippen LogP contribution >= 0.6 is 0 Å². The van der Waals surface area contributed by atoms with Crippen LogP contribution < -0.4 is 5.73 Å². The molecule has 2 aliphatic heterocycles. The van der Waals surface area contributed by atoms with Gasteiger partial charge in [0.1, 0.15) is 12.2 Å². The number of rotatable bonds is 4. The van der Waals surface area contributed by atoms with Crippen LogP contribution in [0, 0.1) is 0 Å². The molecule has 2 unspecified atom stereocenters. The molecule has 0 saturated carbocycles. The van der Waals surface area contributed by atoms with Gasteiger partial charge in [-0.2, -0.15) is 0 Å². The van der Waals surface area contributed by atoms with E-state index < -0.39 is 0 Å². The Hall–Kier alpha value is -0.580. The smallest absolute Gasteiger partial charge is 0.104 e. The van der Waals surface area contributed by atoms with Crippen LogP contribution in [0.4, 0.5) is 0 Å². The van der Waals surface area contributed by atoms with E-state index >= 15 is 0 Å². The van der Waals surface area contributed by atoms with E-state index in [1.807, 2.05) is 6.92 Å². The summed E-state index contributed by atoms with van der Waals surface area (Å²) in [5, 5.41) is 0. The van der Waals surface area contributed by atoms with Crippen molar-refractivity contribution in [2.24, 2.45) is 5.73 Å². The van der Waals surface area contributed by atoms with Gasteiger partial charge in [-0.25, -0.2) is 0 Å². The van der Waals surface area contributed by atoms with E-state index in [4.69, 9.17) is 19.9 Å². The summed E-state index contributed by atoms with van der Waals surface area (Å²) in [6, 6.07) is 0. The second kappa shape index (κ2) is 5.96. The molecule has 0 aliphatic carbocycles. The van der Waals surface area contributed by atoms with Gasteiger partial charge in [-0.05, 0) is 13.1 Å². The van der Waals surface area contributed by atoms with Gasteiger partial charge in [-0.3, -0.25) is 0 Å². The maximum atomic E-state index is 5.23. The Morgan fingerprint density at radius 2 is 1.69 bits per heavy atom. The maximum Gasteiger partial charge on any atom is 0.104 e. The SMILES string of the molecule is C(OCC1CO1)C1CO1.CC=CN. The van der Waals surface area contributed by atoms with Crippen molar-refractivity contribution >= 4 is 0 Å². The standard InChI is InChI=1S/C6H10O3.C3H7N/c1(5-3-8-5)7-2-6-4-9-6;1-2-3-4/h5-6H,1-4H2;2-3H,4H2,1H3. The Morgan fingerprint density at radius 1 is 1.31 bits per heavy atom. The summed E-state index contributed by atoms with van der Waals surface area (Å²) < 4.78 is 15.1. The van der Waals surface area contributed by atoms with Crippen molar-refractivity contribution < 1.29 is 14.2 Å². The van der Waals surface area contributed by atoms with Gasteiger partial charge in [0.15, 0.2) is 0 Å². The molecule has 4 heteroatoms. The third kappa shape index (κ3) is 6.57. The Balaban J connectivity index is 0.000000184. The summed E-state index contributed by atoms with van der Waals surface area (Å²) in [4.78, 5) is 0. The van der Waals surface area contributed by atoms with Crippen molar-refractivity contribution in [3.63, 3.8) is 0 Å². The van der Waals surface area contributed by atoms with Crippen LogP contribution in [0.5, 0.6) is 0 Å². The van der Waals surface area contributed by atoms with Crippen molar-refractivity contribution in [2.75, 3.05) is 26.4 Å². The Labute approximate surface area is 78.6 Å². The monoisotopic (exact) mass is 187 g/mol. The lowest BCUT2D eigenvalue weighted by Gasteiger charge is -1.95. The highest BCUT2D eigenvalue weighted by molar-refractivity contribution is 4.71. The van der Waals surface area contributed by atoms with Crippen LogP contribution in [0.1, 0.15) is 6.92 Å². The molecule has 0 amide bonds. The minimum Gasteiger partial charge on any atom is -0.405 e. The average molecular weight is 187 g/mol. The van der Waals surface area contributed by atoms with Gasteiger partial charge in [0.25, 0.3) is 0 Å². The number of allylic oxidation sites excluding steroid dienone is 1.